The second-order valence-electron chi connectivity index (χ2n) is 7.96. The number of aromatic nitrogens is 3. The van der Waals surface area contributed by atoms with Crippen molar-refractivity contribution in [3.8, 4) is 5.69 Å². The maximum Gasteiger partial charge on any atom is 0.248 e. The van der Waals surface area contributed by atoms with Gasteiger partial charge in [-0.05, 0) is 36.3 Å². The van der Waals surface area contributed by atoms with Gasteiger partial charge >= 0.3 is 0 Å². The summed E-state index contributed by atoms with van der Waals surface area (Å²) >= 11 is 0. The molecule has 1 N–H and O–H groups in total. The molecule has 0 radical (unpaired) electrons. The van der Waals surface area contributed by atoms with E-state index in [0.29, 0.717) is 5.92 Å². The number of nitrogens with zero attached hydrogens (tertiary/aromatic N) is 4. The summed E-state index contributed by atoms with van der Waals surface area (Å²) in [5, 5.41) is 11.4. The van der Waals surface area contributed by atoms with E-state index in [1.165, 1.54) is 0 Å². The van der Waals surface area contributed by atoms with E-state index in [-0.39, 0.29) is 11.8 Å². The molecule has 1 amide bonds. The Morgan fingerprint density at radius 1 is 1.19 bits per heavy atom. The summed E-state index contributed by atoms with van der Waals surface area (Å²) in [6, 6.07) is 7.61. The molecule has 2 aliphatic rings. The van der Waals surface area contributed by atoms with E-state index in [4.69, 9.17) is 4.74 Å². The van der Waals surface area contributed by atoms with E-state index in [2.05, 4.69) is 39.6 Å². The Morgan fingerprint density at radius 3 is 2.74 bits per heavy atom. The molecule has 1 aromatic heterocycles. The first kappa shape index (κ1) is 21.2. The number of benzene rings is 1. The van der Waals surface area contributed by atoms with E-state index in [1.54, 1.807) is 10.8 Å². The predicted molar refractivity (Wildman–Crippen MR) is 121 cm³/mol. The minimum Gasteiger partial charge on any atom is -0.379 e. The summed E-state index contributed by atoms with van der Waals surface area (Å²) < 4.78 is 7.15. The van der Waals surface area contributed by atoms with Gasteiger partial charge in [0.1, 0.15) is 0 Å². The fraction of sp³-hybridized carbons (Fsp3) is 0.375. The molecule has 0 saturated carbocycles. The SMILES string of the molecule is CC1C=CC=CC1/C=C/C(=O)Nc1ccc(-n2cc(CCN3CCOCC3)nn2)cc1. The number of anilines is 1. The van der Waals surface area contributed by atoms with Gasteiger partial charge in [-0.1, -0.05) is 42.5 Å². The molecular formula is C24H29N5O2. The predicted octanol–water partition coefficient (Wildman–Crippen LogP) is 3.02. The van der Waals surface area contributed by atoms with Crippen molar-refractivity contribution in [2.75, 3.05) is 38.2 Å². The van der Waals surface area contributed by atoms with Crippen LogP contribution in [0.1, 0.15) is 12.6 Å². The van der Waals surface area contributed by atoms with Gasteiger partial charge in [-0.15, -0.1) is 5.10 Å². The van der Waals surface area contributed by atoms with Crippen molar-refractivity contribution in [1.82, 2.24) is 19.9 Å². The van der Waals surface area contributed by atoms with Crippen molar-refractivity contribution >= 4 is 11.6 Å². The Labute approximate surface area is 183 Å². The molecule has 2 aromatic rings. The number of hydrogen-bond donors (Lipinski definition) is 1. The molecule has 0 spiro atoms. The van der Waals surface area contributed by atoms with Crippen molar-refractivity contribution in [2.24, 2.45) is 11.8 Å². The highest BCUT2D eigenvalue weighted by atomic mass is 16.5. The van der Waals surface area contributed by atoms with Gasteiger partial charge in [0.05, 0.1) is 30.8 Å². The van der Waals surface area contributed by atoms with Crippen LogP contribution in [-0.4, -0.2) is 58.6 Å². The zero-order valence-electron chi connectivity index (χ0n) is 17.9. The summed E-state index contributed by atoms with van der Waals surface area (Å²) in [6.45, 7) is 6.67. The average Bonchev–Trinajstić information content (AvgIpc) is 3.27. The Kier molecular flexibility index (Phi) is 7.07. The molecular weight excluding hydrogens is 390 g/mol. The number of carbonyl (C=O) groups excluding carboxylic acids is 1. The first-order chi connectivity index (χ1) is 15.2. The maximum atomic E-state index is 12.2. The summed E-state index contributed by atoms with van der Waals surface area (Å²) in [7, 11) is 0. The molecule has 7 heteroatoms. The summed E-state index contributed by atoms with van der Waals surface area (Å²) in [6.07, 6.45) is 14.7. The lowest BCUT2D eigenvalue weighted by molar-refractivity contribution is -0.111. The minimum absolute atomic E-state index is 0.131. The number of ether oxygens (including phenoxy) is 1. The van der Waals surface area contributed by atoms with Crippen molar-refractivity contribution in [2.45, 2.75) is 13.3 Å². The highest BCUT2D eigenvalue weighted by Crippen LogP contribution is 2.20. The standard InChI is InChI=1S/C24H29N5O2/c1-19-4-2-3-5-20(19)6-11-24(30)25-21-7-9-23(10-8-21)29-18-22(26-27-29)12-13-28-14-16-31-17-15-28/h2-11,18-20H,12-17H2,1H3,(H,25,30)/b11-6+. The Bertz CT molecular complexity index is 955. The Balaban J connectivity index is 1.29. The van der Waals surface area contributed by atoms with Crippen molar-refractivity contribution < 1.29 is 9.53 Å². The van der Waals surface area contributed by atoms with E-state index < -0.39 is 0 Å². The molecule has 1 aromatic carbocycles. The molecule has 7 nitrogen and oxygen atoms in total. The first-order valence-electron chi connectivity index (χ1n) is 10.8. The fourth-order valence-electron chi connectivity index (χ4n) is 3.69. The fourth-order valence-corrected chi connectivity index (χ4v) is 3.69. The number of nitrogens with one attached hydrogen (secondary N) is 1. The van der Waals surface area contributed by atoms with E-state index in [0.717, 1.165) is 56.3 Å². The van der Waals surface area contributed by atoms with Crippen LogP contribution in [0, 0.1) is 11.8 Å². The van der Waals surface area contributed by atoms with Crippen LogP contribution in [0.5, 0.6) is 0 Å². The third kappa shape index (κ3) is 5.99. The molecule has 2 atom stereocenters. The number of rotatable bonds is 7. The van der Waals surface area contributed by atoms with Gasteiger partial charge in [0.25, 0.3) is 0 Å². The molecule has 162 valence electrons. The monoisotopic (exact) mass is 419 g/mol. The van der Waals surface area contributed by atoms with Gasteiger partial charge in [0.15, 0.2) is 0 Å². The largest absolute Gasteiger partial charge is 0.379 e. The molecule has 31 heavy (non-hydrogen) atoms. The van der Waals surface area contributed by atoms with Crippen LogP contribution in [0.3, 0.4) is 0 Å². The lowest BCUT2D eigenvalue weighted by Gasteiger charge is -2.25. The highest BCUT2D eigenvalue weighted by molar-refractivity contribution is 5.99. The minimum atomic E-state index is -0.131. The van der Waals surface area contributed by atoms with E-state index in [9.17, 15) is 4.79 Å². The van der Waals surface area contributed by atoms with Gasteiger partial charge in [-0.3, -0.25) is 9.69 Å². The molecule has 1 fully saturated rings. The highest BCUT2D eigenvalue weighted by Gasteiger charge is 2.12. The second kappa shape index (κ2) is 10.3. The van der Waals surface area contributed by atoms with Crippen LogP contribution in [0.2, 0.25) is 0 Å². The quantitative estimate of drug-likeness (QED) is 0.699. The van der Waals surface area contributed by atoms with Crippen LogP contribution < -0.4 is 5.32 Å². The van der Waals surface area contributed by atoms with Gasteiger partial charge in [0, 0.05) is 37.7 Å². The number of amides is 1. The molecule has 1 saturated heterocycles. The normalized spacial score (nSPS) is 21.6. The van der Waals surface area contributed by atoms with Crippen LogP contribution in [0.25, 0.3) is 5.69 Å². The smallest absolute Gasteiger partial charge is 0.248 e. The van der Waals surface area contributed by atoms with Gasteiger partial charge < -0.3 is 10.1 Å². The Hall–Kier alpha value is -3.03. The molecule has 2 heterocycles. The second-order valence-corrected chi connectivity index (χ2v) is 7.96. The third-order valence-corrected chi connectivity index (χ3v) is 5.66. The van der Waals surface area contributed by atoms with Crippen molar-refractivity contribution in [3.05, 3.63) is 72.6 Å². The molecule has 1 aliphatic heterocycles. The lowest BCUT2D eigenvalue weighted by Crippen LogP contribution is -2.37. The maximum absolute atomic E-state index is 12.2. The lowest BCUT2D eigenvalue weighted by atomic mass is 9.90. The van der Waals surface area contributed by atoms with Gasteiger partial charge in [0.2, 0.25) is 5.91 Å². The summed E-state index contributed by atoms with van der Waals surface area (Å²) in [5.74, 6) is 0.520. The van der Waals surface area contributed by atoms with Crippen molar-refractivity contribution in [1.29, 1.82) is 0 Å². The van der Waals surface area contributed by atoms with Crippen LogP contribution in [0.4, 0.5) is 5.69 Å². The van der Waals surface area contributed by atoms with Gasteiger partial charge in [-0.25, -0.2) is 4.68 Å². The van der Waals surface area contributed by atoms with E-state index in [1.807, 2.05) is 48.7 Å². The number of hydrogen-bond acceptors (Lipinski definition) is 5. The van der Waals surface area contributed by atoms with Crippen molar-refractivity contribution in [3.63, 3.8) is 0 Å². The Morgan fingerprint density at radius 2 is 1.97 bits per heavy atom. The van der Waals surface area contributed by atoms with Gasteiger partial charge in [-0.2, -0.15) is 0 Å². The topological polar surface area (TPSA) is 72.3 Å². The zero-order chi connectivity index (χ0) is 21.5. The molecule has 0 bridgehead atoms. The molecule has 2 unspecified atom stereocenters. The van der Waals surface area contributed by atoms with E-state index >= 15 is 0 Å². The number of carbonyl (C=O) groups is 1. The van der Waals surface area contributed by atoms with Crippen LogP contribution in [-0.2, 0) is 16.0 Å². The molecule has 1 aliphatic carbocycles. The third-order valence-electron chi connectivity index (χ3n) is 5.66. The number of allylic oxidation sites excluding steroid dienone is 5. The molecule has 4 rings (SSSR count). The zero-order valence-corrected chi connectivity index (χ0v) is 17.9. The summed E-state index contributed by atoms with van der Waals surface area (Å²) in [5.41, 5.74) is 2.62. The summed E-state index contributed by atoms with van der Waals surface area (Å²) in [4.78, 5) is 14.6. The average molecular weight is 420 g/mol. The van der Waals surface area contributed by atoms with Crippen LogP contribution >= 0.6 is 0 Å². The van der Waals surface area contributed by atoms with Crippen LogP contribution in [0.15, 0.2) is 66.9 Å². The first-order valence-corrected chi connectivity index (χ1v) is 10.8. The number of morpholine rings is 1.